The van der Waals surface area contributed by atoms with Crippen molar-refractivity contribution in [1.82, 2.24) is 10.1 Å². The van der Waals surface area contributed by atoms with Crippen LogP contribution in [0.5, 0.6) is 0 Å². The van der Waals surface area contributed by atoms with Crippen molar-refractivity contribution < 1.29 is 33.9 Å². The number of halogens is 5. The first-order valence-electron chi connectivity index (χ1n) is 7.32. The fourth-order valence-corrected chi connectivity index (χ4v) is 3.18. The molecule has 142 valence electrons. The third-order valence-electron chi connectivity index (χ3n) is 4.15. The molecule has 0 amide bonds. The third-order valence-corrected chi connectivity index (χ3v) is 5.31. The molecule has 0 aliphatic heterocycles. The van der Waals surface area contributed by atoms with Crippen LogP contribution in [0.3, 0.4) is 0 Å². The van der Waals surface area contributed by atoms with E-state index in [4.69, 9.17) is 9.63 Å². The molecule has 0 bridgehead atoms. The molecule has 0 unspecified atom stereocenters. The molecule has 1 aromatic carbocycles. The van der Waals surface area contributed by atoms with Gasteiger partial charge in [-0.3, -0.25) is 0 Å². The summed E-state index contributed by atoms with van der Waals surface area (Å²) in [5.41, 5.74) is -0.497. The number of hydrogen-bond donors (Lipinski definition) is 1. The van der Waals surface area contributed by atoms with Crippen LogP contribution in [0.15, 0.2) is 39.3 Å². The van der Waals surface area contributed by atoms with Crippen LogP contribution >= 0.6 is 10.2 Å². The summed E-state index contributed by atoms with van der Waals surface area (Å²) >= 11 is 0. The van der Waals surface area contributed by atoms with E-state index in [1.54, 1.807) is 0 Å². The van der Waals surface area contributed by atoms with Crippen LogP contribution in [0, 0.1) is 0 Å². The molecule has 1 fully saturated rings. The van der Waals surface area contributed by atoms with Gasteiger partial charge < -0.3 is 9.63 Å². The van der Waals surface area contributed by atoms with Crippen LogP contribution in [0.1, 0.15) is 37.0 Å². The molecule has 0 spiro atoms. The zero-order valence-electron chi connectivity index (χ0n) is 13.3. The number of carbonyl (C=O) groups is 1. The van der Waals surface area contributed by atoms with Crippen LogP contribution in [0.4, 0.5) is 19.4 Å². The molecule has 1 N–H and O–H groups in total. The van der Waals surface area contributed by atoms with E-state index in [2.05, 4.69) is 10.1 Å². The Balaban J connectivity index is 1.92. The van der Waals surface area contributed by atoms with Gasteiger partial charge in [0, 0.05) is 11.6 Å². The van der Waals surface area contributed by atoms with Crippen LogP contribution in [0.25, 0.3) is 6.08 Å². The molecule has 0 atom stereocenters. The first-order valence-corrected chi connectivity index (χ1v) is 9.27. The molecule has 1 heterocycles. The highest BCUT2D eigenvalue weighted by Crippen LogP contribution is 3.02. The maximum atomic E-state index is 12.8. The normalized spacial score (nSPS) is 19.5. The number of nitrogens with zero attached hydrogens (tertiary/aromatic N) is 2. The summed E-state index contributed by atoms with van der Waals surface area (Å²) in [6, 6.07) is 2.67. The van der Waals surface area contributed by atoms with E-state index >= 15 is 0 Å². The lowest BCUT2D eigenvalue weighted by atomic mass is 9.95. The Kier molecular flexibility index (Phi) is 3.42. The summed E-state index contributed by atoms with van der Waals surface area (Å²) in [6.45, 7) is 1.33. The van der Waals surface area contributed by atoms with Crippen LogP contribution in [-0.2, 0) is 10.2 Å². The standard InChI is InChI=1S/C15H13F5N2O3S/c1-9(13(23)24)8-12-21-14(22-25-12)15(6-7-15)10-2-4-11(5-3-10)26(16,17,18,19)20/h2-5,8H,6-7H2,1H3,(H,23,24)/b9-8+. The average Bonchev–Trinajstić information content (AvgIpc) is 3.19. The smallest absolute Gasteiger partial charge is 0.331 e. The fourth-order valence-electron chi connectivity index (χ4n) is 2.53. The van der Waals surface area contributed by atoms with Gasteiger partial charge in [0.1, 0.15) is 4.90 Å². The zero-order chi connectivity index (χ0) is 19.4. The monoisotopic (exact) mass is 396 g/mol. The van der Waals surface area contributed by atoms with Crippen LogP contribution in [-0.4, -0.2) is 21.2 Å². The highest BCUT2D eigenvalue weighted by molar-refractivity contribution is 8.45. The molecule has 1 aromatic heterocycles. The summed E-state index contributed by atoms with van der Waals surface area (Å²) in [5, 5.41) is 12.6. The van der Waals surface area contributed by atoms with E-state index in [-0.39, 0.29) is 17.3 Å². The highest BCUT2D eigenvalue weighted by atomic mass is 32.5. The quantitative estimate of drug-likeness (QED) is 0.549. The predicted molar refractivity (Wildman–Crippen MR) is 83.4 cm³/mol. The molecule has 0 saturated heterocycles. The maximum Gasteiger partial charge on any atom is 0.331 e. The van der Waals surface area contributed by atoms with Gasteiger partial charge in [-0.25, -0.2) is 4.79 Å². The van der Waals surface area contributed by atoms with Crippen molar-refractivity contribution in [1.29, 1.82) is 0 Å². The van der Waals surface area contributed by atoms with Gasteiger partial charge >= 0.3 is 16.2 Å². The molecular formula is C15H13F5N2O3S. The van der Waals surface area contributed by atoms with E-state index in [1.807, 2.05) is 0 Å². The number of rotatable bonds is 5. The largest absolute Gasteiger partial charge is 0.478 e. The number of hydrogen-bond acceptors (Lipinski definition) is 4. The van der Waals surface area contributed by atoms with Crippen LogP contribution < -0.4 is 0 Å². The van der Waals surface area contributed by atoms with E-state index < -0.39 is 26.5 Å². The van der Waals surface area contributed by atoms with E-state index in [1.165, 1.54) is 6.92 Å². The first-order chi connectivity index (χ1) is 11.7. The molecule has 0 radical (unpaired) electrons. The van der Waals surface area contributed by atoms with Gasteiger partial charge in [-0.1, -0.05) is 36.7 Å². The fraction of sp³-hybridized carbons (Fsp3) is 0.267. The lowest BCUT2D eigenvalue weighted by Gasteiger charge is -2.40. The molecule has 2 aromatic rings. The van der Waals surface area contributed by atoms with Gasteiger partial charge in [-0.15, -0.1) is 0 Å². The van der Waals surface area contributed by atoms with E-state index in [0.29, 0.717) is 30.5 Å². The molecule has 5 nitrogen and oxygen atoms in total. The minimum Gasteiger partial charge on any atom is -0.478 e. The number of aliphatic carboxylic acids is 1. The van der Waals surface area contributed by atoms with Crippen LogP contribution in [0.2, 0.25) is 0 Å². The second-order valence-electron chi connectivity index (χ2n) is 6.16. The lowest BCUT2D eigenvalue weighted by Crippen LogP contribution is -2.12. The molecule has 3 rings (SSSR count). The molecule has 1 saturated carbocycles. The Hall–Kier alpha value is -2.43. The molecule has 11 heteroatoms. The average molecular weight is 396 g/mol. The second kappa shape index (κ2) is 4.84. The van der Waals surface area contributed by atoms with Gasteiger partial charge in [0.15, 0.2) is 5.82 Å². The molecule has 26 heavy (non-hydrogen) atoms. The van der Waals surface area contributed by atoms with E-state index in [9.17, 15) is 24.2 Å². The molecule has 1 aliphatic rings. The maximum absolute atomic E-state index is 12.8. The number of carboxylic acid groups (broad SMARTS) is 1. The Morgan fingerprint density at radius 1 is 1.19 bits per heavy atom. The zero-order valence-corrected chi connectivity index (χ0v) is 14.1. The SMILES string of the molecule is C/C(=C\c1nc(C2(c3ccc(S(F)(F)(F)(F)F)cc3)CC2)no1)C(=O)O. The van der Waals surface area contributed by atoms with Crippen molar-refractivity contribution in [2.24, 2.45) is 0 Å². The van der Waals surface area contributed by atoms with Crippen molar-refractivity contribution in [3.63, 3.8) is 0 Å². The van der Waals surface area contributed by atoms with Crippen molar-refractivity contribution in [2.75, 3.05) is 0 Å². The summed E-state index contributed by atoms with van der Waals surface area (Å²) in [5.74, 6) is -1.06. The Bertz CT molecular complexity index is 916. The summed E-state index contributed by atoms with van der Waals surface area (Å²) in [4.78, 5) is 12.9. The third kappa shape index (κ3) is 3.43. The Labute approximate surface area is 144 Å². The van der Waals surface area contributed by atoms with Gasteiger partial charge in [0.2, 0.25) is 0 Å². The van der Waals surface area contributed by atoms with Crippen molar-refractivity contribution in [3.8, 4) is 0 Å². The highest BCUT2D eigenvalue weighted by Gasteiger charge is 2.65. The first kappa shape index (κ1) is 18.4. The summed E-state index contributed by atoms with van der Waals surface area (Å²) in [6.07, 6.45) is 2.17. The Morgan fingerprint density at radius 2 is 1.77 bits per heavy atom. The van der Waals surface area contributed by atoms with Gasteiger partial charge in [-0.2, -0.15) is 4.98 Å². The molecular weight excluding hydrogens is 383 g/mol. The summed E-state index contributed by atoms with van der Waals surface area (Å²) in [7, 11) is -9.72. The number of aromatic nitrogens is 2. The summed E-state index contributed by atoms with van der Waals surface area (Å²) < 4.78 is 69.0. The molecule has 1 aliphatic carbocycles. The second-order valence-corrected chi connectivity index (χ2v) is 8.57. The predicted octanol–water partition coefficient (Wildman–Crippen LogP) is 5.29. The topological polar surface area (TPSA) is 76.2 Å². The van der Waals surface area contributed by atoms with Gasteiger partial charge in [0.25, 0.3) is 5.89 Å². The minimum atomic E-state index is -9.72. The minimum absolute atomic E-state index is 0.0368. The lowest BCUT2D eigenvalue weighted by molar-refractivity contribution is -0.132. The van der Waals surface area contributed by atoms with Gasteiger partial charge in [-0.05, 0) is 37.5 Å². The number of benzene rings is 1. The van der Waals surface area contributed by atoms with E-state index in [0.717, 1.165) is 18.2 Å². The van der Waals surface area contributed by atoms with Crippen molar-refractivity contribution >= 4 is 22.3 Å². The number of carboxylic acids is 1. The Morgan fingerprint density at radius 3 is 2.23 bits per heavy atom. The van der Waals surface area contributed by atoms with Crippen molar-refractivity contribution in [3.05, 3.63) is 47.1 Å². The van der Waals surface area contributed by atoms with Gasteiger partial charge in [0.05, 0.1) is 5.41 Å². The van der Waals surface area contributed by atoms with Crippen molar-refractivity contribution in [2.45, 2.75) is 30.1 Å².